The SMILES string of the molecule is C[CH]1C(c2ccccc2)=[CH][BiH]1=[O]. The summed E-state index contributed by atoms with van der Waals surface area (Å²) in [7, 11) is 0. The van der Waals surface area contributed by atoms with E-state index in [2.05, 4.69) is 19.1 Å². The summed E-state index contributed by atoms with van der Waals surface area (Å²) in [6.07, 6.45) is 0. The number of rotatable bonds is 1. The Balaban J connectivity index is 2.35. The molecule has 0 radical (unpaired) electrons. The zero-order valence-corrected chi connectivity index (χ0v) is 10.8. The second-order valence-corrected chi connectivity index (χ2v) is 10.7. The van der Waals surface area contributed by atoms with Crippen molar-refractivity contribution < 1.29 is 2.81 Å². The van der Waals surface area contributed by atoms with Crippen LogP contribution in [0.1, 0.15) is 12.5 Å². The summed E-state index contributed by atoms with van der Waals surface area (Å²) >= 11 is -2.35. The third-order valence-electron chi connectivity index (χ3n) is 2.30. The fourth-order valence-corrected chi connectivity index (χ4v) is 6.30. The van der Waals surface area contributed by atoms with E-state index in [1.165, 1.54) is 11.1 Å². The van der Waals surface area contributed by atoms with Gasteiger partial charge in [0.25, 0.3) is 0 Å². The molecule has 2 unspecified atom stereocenters. The quantitative estimate of drug-likeness (QED) is 0.705. The Kier molecular flexibility index (Phi) is 2.19. The van der Waals surface area contributed by atoms with Crippen molar-refractivity contribution in [3.63, 3.8) is 0 Å². The third kappa shape index (κ3) is 1.29. The van der Waals surface area contributed by atoms with Crippen molar-refractivity contribution in [2.45, 2.75) is 10.5 Å². The number of hydrogen-bond donors (Lipinski definition) is 0. The standard InChI is InChI=1S/C10H10.Bi.O.H/c1-3-9(2)10-7-5-4-6-8-10;;;/h2-8H,1H3;;;. The first kappa shape index (κ1) is 8.25. The summed E-state index contributed by atoms with van der Waals surface area (Å²) in [4.78, 5) is 0. The van der Waals surface area contributed by atoms with Gasteiger partial charge in [0.2, 0.25) is 0 Å². The molecule has 0 aliphatic carbocycles. The second kappa shape index (κ2) is 3.18. The van der Waals surface area contributed by atoms with Crippen molar-refractivity contribution in [3.8, 4) is 0 Å². The van der Waals surface area contributed by atoms with Gasteiger partial charge in [-0.2, -0.15) is 0 Å². The van der Waals surface area contributed by atoms with Crippen molar-refractivity contribution >= 4 is 27.3 Å². The average Bonchev–Trinajstić information content (AvgIpc) is 2.15. The van der Waals surface area contributed by atoms with Crippen LogP contribution in [-0.4, -0.2) is 21.8 Å². The van der Waals surface area contributed by atoms with E-state index >= 15 is 0 Å². The first-order chi connectivity index (χ1) is 5.79. The van der Waals surface area contributed by atoms with Crippen LogP contribution in [0.2, 0.25) is 3.63 Å². The molecule has 1 aliphatic heterocycles. The Labute approximate surface area is 80.2 Å². The molecule has 1 aromatic carbocycles. The fraction of sp³-hybridized carbons (Fsp3) is 0.200. The Morgan fingerprint density at radius 3 is 2.42 bits per heavy atom. The van der Waals surface area contributed by atoms with E-state index in [4.69, 9.17) is 0 Å². The average molecular weight is 356 g/mol. The first-order valence-corrected chi connectivity index (χ1v) is 10.2. The van der Waals surface area contributed by atoms with Crippen LogP contribution < -0.4 is 0 Å². The zero-order valence-electron chi connectivity index (χ0n) is 6.95. The van der Waals surface area contributed by atoms with Gasteiger partial charge in [-0.3, -0.25) is 0 Å². The number of hydrogen-bond acceptors (Lipinski definition) is 1. The van der Waals surface area contributed by atoms with Gasteiger partial charge in [-0.25, -0.2) is 0 Å². The van der Waals surface area contributed by atoms with Crippen LogP contribution in [0.3, 0.4) is 0 Å². The topological polar surface area (TPSA) is 17.1 Å². The molecule has 2 rings (SSSR count). The summed E-state index contributed by atoms with van der Waals surface area (Å²) in [5, 5.41) is 0. The van der Waals surface area contributed by atoms with E-state index in [9.17, 15) is 2.81 Å². The zero-order chi connectivity index (χ0) is 8.55. The van der Waals surface area contributed by atoms with Gasteiger partial charge in [0.15, 0.2) is 0 Å². The second-order valence-electron chi connectivity index (χ2n) is 3.09. The molecule has 0 spiro atoms. The summed E-state index contributed by atoms with van der Waals surface area (Å²) in [6.45, 7) is 2.08. The molecule has 62 valence electrons. The first-order valence-electron chi connectivity index (χ1n) is 4.10. The summed E-state index contributed by atoms with van der Waals surface area (Å²) in [5.74, 6) is 0. The van der Waals surface area contributed by atoms with Crippen LogP contribution in [0.4, 0.5) is 0 Å². The Morgan fingerprint density at radius 1 is 1.25 bits per heavy atom. The van der Waals surface area contributed by atoms with Gasteiger partial charge in [-0.1, -0.05) is 0 Å². The maximum atomic E-state index is 11.2. The molecule has 0 fully saturated rings. The van der Waals surface area contributed by atoms with Crippen LogP contribution in [0.25, 0.3) is 5.57 Å². The van der Waals surface area contributed by atoms with E-state index in [0.29, 0.717) is 3.63 Å². The fourth-order valence-electron chi connectivity index (χ4n) is 1.42. The van der Waals surface area contributed by atoms with E-state index in [0.717, 1.165) is 0 Å². The molecule has 0 amide bonds. The molecule has 0 saturated carbocycles. The van der Waals surface area contributed by atoms with Crippen molar-refractivity contribution in [3.05, 3.63) is 39.7 Å². The van der Waals surface area contributed by atoms with Crippen LogP contribution in [0, 0.1) is 0 Å². The van der Waals surface area contributed by atoms with Gasteiger partial charge >= 0.3 is 80.4 Å². The van der Waals surface area contributed by atoms with Crippen LogP contribution in [0.15, 0.2) is 34.1 Å². The molecular formula is C10H11BiO. The molecule has 0 N–H and O–H groups in total. The molecule has 1 aliphatic rings. The van der Waals surface area contributed by atoms with Crippen molar-refractivity contribution in [1.29, 1.82) is 0 Å². The minimum atomic E-state index is -2.35. The maximum absolute atomic E-state index is 11.2. The van der Waals surface area contributed by atoms with Crippen LogP contribution >= 0.6 is 0 Å². The summed E-state index contributed by atoms with van der Waals surface area (Å²) in [6, 6.07) is 10.2. The molecule has 1 nitrogen and oxygen atoms in total. The Morgan fingerprint density at radius 2 is 1.92 bits per heavy atom. The predicted molar refractivity (Wildman–Crippen MR) is 51.7 cm³/mol. The van der Waals surface area contributed by atoms with Gasteiger partial charge in [0, 0.05) is 0 Å². The van der Waals surface area contributed by atoms with Gasteiger partial charge < -0.3 is 0 Å². The van der Waals surface area contributed by atoms with E-state index in [1.54, 1.807) is 0 Å². The molecule has 1 aromatic rings. The van der Waals surface area contributed by atoms with E-state index in [1.807, 2.05) is 22.0 Å². The molecule has 0 bridgehead atoms. The molecule has 0 aromatic heterocycles. The third-order valence-corrected chi connectivity index (χ3v) is 9.14. The van der Waals surface area contributed by atoms with Crippen LogP contribution in [-0.2, 0) is 2.81 Å². The van der Waals surface area contributed by atoms with Crippen LogP contribution in [0.5, 0.6) is 0 Å². The predicted octanol–water partition coefficient (Wildman–Crippen LogP) is 2.17. The monoisotopic (exact) mass is 356 g/mol. The van der Waals surface area contributed by atoms with Crippen molar-refractivity contribution in [2.24, 2.45) is 0 Å². The van der Waals surface area contributed by atoms with E-state index in [-0.39, 0.29) is 0 Å². The summed E-state index contributed by atoms with van der Waals surface area (Å²) in [5.41, 5.74) is 2.54. The molecule has 1 heterocycles. The summed E-state index contributed by atoms with van der Waals surface area (Å²) < 4.78 is 13.7. The number of benzene rings is 1. The molecule has 0 saturated heterocycles. The van der Waals surface area contributed by atoms with Gasteiger partial charge in [0.1, 0.15) is 0 Å². The molecule has 2 heteroatoms. The molecular weight excluding hydrogens is 345 g/mol. The van der Waals surface area contributed by atoms with Crippen molar-refractivity contribution in [1.82, 2.24) is 0 Å². The Bertz CT molecular complexity index is 340. The number of allylic oxidation sites excluding steroid dienone is 1. The van der Waals surface area contributed by atoms with Crippen molar-refractivity contribution in [2.75, 3.05) is 0 Å². The molecule has 2 atom stereocenters. The minimum absolute atomic E-state index is 0.400. The Hall–Kier alpha value is -0.357. The molecule has 12 heavy (non-hydrogen) atoms. The van der Waals surface area contributed by atoms with E-state index < -0.39 is 21.8 Å². The van der Waals surface area contributed by atoms with Gasteiger partial charge in [-0.15, -0.1) is 0 Å². The normalized spacial score (nSPS) is 27.6. The van der Waals surface area contributed by atoms with Gasteiger partial charge in [-0.05, 0) is 0 Å². The van der Waals surface area contributed by atoms with Gasteiger partial charge in [0.05, 0.1) is 0 Å².